The summed E-state index contributed by atoms with van der Waals surface area (Å²) in [5.74, 6) is -4.04. The zero-order valence-electron chi connectivity index (χ0n) is 29.3. The number of esters is 1. The summed E-state index contributed by atoms with van der Waals surface area (Å²) < 4.78 is 48.4. The zero-order chi connectivity index (χ0) is 40.5. The molecular formula is C35H34ClF3N10O7. The van der Waals surface area contributed by atoms with E-state index in [2.05, 4.69) is 46.9 Å². The van der Waals surface area contributed by atoms with E-state index >= 15 is 0 Å². The zero-order valence-corrected chi connectivity index (χ0v) is 30.1. The highest BCUT2D eigenvalue weighted by molar-refractivity contribution is 6.39. The Kier molecular flexibility index (Phi) is 12.7. The van der Waals surface area contributed by atoms with Gasteiger partial charge in [0.05, 0.1) is 12.6 Å². The number of nitrogens with two attached hydrogens (primary N) is 1. The number of carbonyl (C=O) groups excluding carboxylic acids is 5. The SMILES string of the molecule is COC(=O)[C@H](CNC(=O)C(=O)Nc1ccc(CNC(N)=O)cc1)NC(=O)c1ccc(Nc2nc(NC3(c4ccc(Cl)cc4)CC3)nc(OCC(F)(F)F)n2)cc1. The maximum Gasteiger partial charge on any atom is 0.422 e. The lowest BCUT2D eigenvalue weighted by Gasteiger charge is -2.19. The standard InChI is InChI=1S/C35H34ClF3N10O7/c1-55-29(53)25(17-41-27(51)28(52)43-23-10-2-19(3-11-23)16-42-30(40)54)45-26(50)20-4-12-24(13-5-20)44-31-46-32(48-33(47-31)56-18-35(37,38)39)49-34(14-15-34)21-6-8-22(36)9-7-21/h2-13,25H,14-18H2,1H3,(H,41,51)(H,43,52)(H,45,50)(H3,40,42,54)(H2,44,46,47,48,49)/t25-/m0/s1. The average Bonchev–Trinajstić information content (AvgIpc) is 3.95. The van der Waals surface area contributed by atoms with Crippen LogP contribution in [-0.4, -0.2) is 77.2 Å². The van der Waals surface area contributed by atoms with E-state index < -0.39 is 66.6 Å². The molecule has 17 nitrogen and oxygen atoms in total. The number of anilines is 4. The van der Waals surface area contributed by atoms with Crippen LogP contribution in [-0.2, 0) is 31.2 Å². The predicted octanol–water partition coefficient (Wildman–Crippen LogP) is 3.51. The number of aromatic nitrogens is 3. The third-order valence-corrected chi connectivity index (χ3v) is 8.28. The van der Waals surface area contributed by atoms with Crippen LogP contribution in [0.15, 0.2) is 72.8 Å². The van der Waals surface area contributed by atoms with Gasteiger partial charge >= 0.3 is 36.0 Å². The number of nitrogens with zero attached hydrogens (tertiary/aromatic N) is 3. The highest BCUT2D eigenvalue weighted by Crippen LogP contribution is 2.48. The molecule has 0 bridgehead atoms. The van der Waals surface area contributed by atoms with Crippen molar-refractivity contribution in [1.29, 1.82) is 0 Å². The fourth-order valence-corrected chi connectivity index (χ4v) is 5.17. The van der Waals surface area contributed by atoms with Crippen LogP contribution in [0.25, 0.3) is 0 Å². The van der Waals surface area contributed by atoms with Crippen LogP contribution in [0.4, 0.5) is 41.2 Å². The molecule has 0 aliphatic heterocycles. The van der Waals surface area contributed by atoms with Crippen LogP contribution in [0.1, 0.15) is 34.3 Å². The van der Waals surface area contributed by atoms with Crippen molar-refractivity contribution < 1.29 is 46.6 Å². The molecule has 5 rings (SSSR count). The third kappa shape index (κ3) is 11.6. The van der Waals surface area contributed by atoms with Crippen molar-refractivity contribution in [2.24, 2.45) is 5.73 Å². The molecule has 3 aromatic carbocycles. The maximum atomic E-state index is 13.1. The second-order valence-electron chi connectivity index (χ2n) is 12.2. The first-order valence-corrected chi connectivity index (χ1v) is 17.0. The van der Waals surface area contributed by atoms with Gasteiger partial charge in [0.2, 0.25) is 11.9 Å². The molecule has 8 N–H and O–H groups in total. The molecular weight excluding hydrogens is 765 g/mol. The second-order valence-corrected chi connectivity index (χ2v) is 12.6. The van der Waals surface area contributed by atoms with Crippen molar-refractivity contribution in [3.8, 4) is 6.01 Å². The number of carbonyl (C=O) groups is 5. The normalized spacial score (nSPS) is 13.3. The molecule has 1 aromatic heterocycles. The molecule has 0 spiro atoms. The van der Waals surface area contributed by atoms with Crippen LogP contribution in [0.5, 0.6) is 6.01 Å². The first-order valence-electron chi connectivity index (χ1n) is 16.6. The lowest BCUT2D eigenvalue weighted by atomic mass is 10.1. The molecule has 4 aromatic rings. The number of methoxy groups -OCH3 is 1. The van der Waals surface area contributed by atoms with Gasteiger partial charge in [-0.1, -0.05) is 35.9 Å². The minimum atomic E-state index is -4.65. The number of rotatable bonds is 15. The first-order chi connectivity index (χ1) is 26.6. The van der Waals surface area contributed by atoms with Crippen LogP contribution < -0.4 is 42.4 Å². The van der Waals surface area contributed by atoms with E-state index in [9.17, 15) is 37.1 Å². The number of amides is 5. The maximum absolute atomic E-state index is 13.1. The van der Waals surface area contributed by atoms with E-state index in [4.69, 9.17) is 26.8 Å². The molecule has 1 aliphatic carbocycles. The van der Waals surface area contributed by atoms with Gasteiger partial charge < -0.3 is 47.1 Å². The molecule has 5 amide bonds. The van der Waals surface area contributed by atoms with E-state index in [-0.39, 0.29) is 29.7 Å². The van der Waals surface area contributed by atoms with Crippen LogP contribution in [0, 0.1) is 0 Å². The summed E-state index contributed by atoms with van der Waals surface area (Å²) in [5.41, 5.74) is 6.69. The minimum absolute atomic E-state index is 0.0494. The number of hydrogen-bond acceptors (Lipinski definition) is 12. The highest BCUT2D eigenvalue weighted by Gasteiger charge is 2.45. The van der Waals surface area contributed by atoms with E-state index in [0.29, 0.717) is 29.1 Å². The Labute approximate surface area is 321 Å². The van der Waals surface area contributed by atoms with E-state index in [1.807, 2.05) is 12.1 Å². The lowest BCUT2D eigenvalue weighted by molar-refractivity contribution is -0.154. The molecule has 0 unspecified atom stereocenters. The topological polar surface area (TPSA) is 241 Å². The Bertz CT molecular complexity index is 2070. The fourth-order valence-electron chi connectivity index (χ4n) is 5.04. The number of ether oxygens (including phenoxy) is 2. The monoisotopic (exact) mass is 798 g/mol. The van der Waals surface area contributed by atoms with Gasteiger partial charge in [-0.15, -0.1) is 0 Å². The molecule has 1 fully saturated rings. The van der Waals surface area contributed by atoms with Crippen molar-refractivity contribution >= 4 is 64.6 Å². The summed E-state index contributed by atoms with van der Waals surface area (Å²) in [6, 6.07) is 16.2. The summed E-state index contributed by atoms with van der Waals surface area (Å²) in [6.45, 7) is -1.98. The van der Waals surface area contributed by atoms with Gasteiger partial charge in [0.1, 0.15) is 6.04 Å². The summed E-state index contributed by atoms with van der Waals surface area (Å²) >= 11 is 6.02. The Morgan fingerprint density at radius 3 is 2.11 bits per heavy atom. The quantitative estimate of drug-likeness (QED) is 0.0676. The third-order valence-electron chi connectivity index (χ3n) is 8.02. The molecule has 0 radical (unpaired) electrons. The summed E-state index contributed by atoms with van der Waals surface area (Å²) in [4.78, 5) is 73.6. The minimum Gasteiger partial charge on any atom is -0.467 e. The lowest BCUT2D eigenvalue weighted by Crippen LogP contribution is -2.50. The molecule has 1 saturated carbocycles. The smallest absolute Gasteiger partial charge is 0.422 e. The summed E-state index contributed by atoms with van der Waals surface area (Å²) in [5, 5.41) is 16.1. The van der Waals surface area contributed by atoms with Crippen LogP contribution in [0.2, 0.25) is 5.02 Å². The number of alkyl halides is 3. The molecule has 294 valence electrons. The molecule has 1 heterocycles. The van der Waals surface area contributed by atoms with Crippen LogP contribution >= 0.6 is 11.6 Å². The molecule has 0 saturated heterocycles. The van der Waals surface area contributed by atoms with Crippen LogP contribution in [0.3, 0.4) is 0 Å². The van der Waals surface area contributed by atoms with Crippen molar-refractivity contribution in [3.63, 3.8) is 0 Å². The number of benzene rings is 3. The molecule has 56 heavy (non-hydrogen) atoms. The average molecular weight is 799 g/mol. The van der Waals surface area contributed by atoms with Crippen molar-refractivity contribution in [2.45, 2.75) is 37.1 Å². The predicted molar refractivity (Wildman–Crippen MR) is 195 cm³/mol. The highest BCUT2D eigenvalue weighted by atomic mass is 35.5. The van der Waals surface area contributed by atoms with E-state index in [1.54, 1.807) is 24.3 Å². The molecule has 1 aliphatic rings. The van der Waals surface area contributed by atoms with Gasteiger partial charge in [-0.2, -0.15) is 28.1 Å². The number of urea groups is 1. The number of nitrogens with one attached hydrogen (secondary N) is 6. The molecule has 1 atom stereocenters. The Hall–Kier alpha value is -6.70. The Morgan fingerprint density at radius 2 is 1.50 bits per heavy atom. The first kappa shape index (κ1) is 40.5. The number of hydrogen-bond donors (Lipinski definition) is 7. The molecule has 21 heteroatoms. The van der Waals surface area contributed by atoms with Crippen molar-refractivity contribution in [2.75, 3.05) is 36.2 Å². The van der Waals surface area contributed by atoms with Crippen molar-refractivity contribution in [1.82, 2.24) is 30.9 Å². The van der Waals surface area contributed by atoms with Gasteiger partial charge in [0.25, 0.3) is 5.91 Å². The van der Waals surface area contributed by atoms with E-state index in [0.717, 1.165) is 12.7 Å². The summed E-state index contributed by atoms with van der Waals surface area (Å²) in [6.07, 6.45) is -3.26. The number of halogens is 4. The number of primary amides is 1. The van der Waals surface area contributed by atoms with E-state index in [1.165, 1.54) is 36.4 Å². The van der Waals surface area contributed by atoms with Gasteiger partial charge in [0.15, 0.2) is 6.61 Å². The van der Waals surface area contributed by atoms with Gasteiger partial charge in [-0.05, 0) is 72.5 Å². The van der Waals surface area contributed by atoms with Gasteiger partial charge in [-0.3, -0.25) is 14.4 Å². The van der Waals surface area contributed by atoms with Crippen molar-refractivity contribution in [3.05, 3.63) is 94.5 Å². The van der Waals surface area contributed by atoms with Gasteiger partial charge in [0, 0.05) is 35.1 Å². The summed E-state index contributed by atoms with van der Waals surface area (Å²) in [7, 11) is 1.07. The van der Waals surface area contributed by atoms with Gasteiger partial charge in [-0.25, -0.2) is 9.59 Å². The largest absolute Gasteiger partial charge is 0.467 e. The Balaban J connectivity index is 1.20. The fraction of sp³-hybridized carbons (Fsp3) is 0.257. The second kappa shape index (κ2) is 17.6. The Morgan fingerprint density at radius 1 is 0.857 bits per heavy atom.